The molecule has 1 heterocycles. The van der Waals surface area contributed by atoms with Crippen LogP contribution in [0.25, 0.3) is 10.9 Å². The fourth-order valence-corrected chi connectivity index (χ4v) is 5.26. The Hall–Kier alpha value is -2.53. The Balaban J connectivity index is 1.44. The van der Waals surface area contributed by atoms with Crippen molar-refractivity contribution >= 4 is 44.3 Å². The van der Waals surface area contributed by atoms with E-state index in [0.29, 0.717) is 46.2 Å². The molecule has 174 valence electrons. The summed E-state index contributed by atoms with van der Waals surface area (Å²) in [6, 6.07) is 5.66. The maximum Gasteiger partial charge on any atom is 0.224 e. The van der Waals surface area contributed by atoms with Gasteiger partial charge in [0.2, 0.25) is 5.91 Å². The van der Waals surface area contributed by atoms with E-state index in [2.05, 4.69) is 32.3 Å². The van der Waals surface area contributed by atoms with Gasteiger partial charge in [-0.3, -0.25) is 14.4 Å². The van der Waals surface area contributed by atoms with Gasteiger partial charge in [0.05, 0.1) is 17.3 Å². The number of aromatic nitrogens is 1. The van der Waals surface area contributed by atoms with Crippen LogP contribution >= 0.6 is 15.9 Å². The number of hydrogen-bond acceptors (Lipinski definition) is 4. The second kappa shape index (κ2) is 10.2. The SMILES string of the molecule is N#CC(CC1CCCCC1=O)NC(=O)C(CC(=O)c1cc2cc(F)cc(Br)c2[nH]1)CC1CC1. The first-order valence-corrected chi connectivity index (χ1v) is 12.4. The summed E-state index contributed by atoms with van der Waals surface area (Å²) in [4.78, 5) is 41.3. The predicted octanol–water partition coefficient (Wildman–Crippen LogP) is 5.22. The molecule has 2 fully saturated rings. The maximum atomic E-state index is 13.7. The van der Waals surface area contributed by atoms with E-state index < -0.39 is 17.8 Å². The molecule has 0 aliphatic heterocycles. The van der Waals surface area contributed by atoms with Gasteiger partial charge in [0.1, 0.15) is 17.6 Å². The van der Waals surface area contributed by atoms with Crippen LogP contribution in [0.3, 0.4) is 0 Å². The molecule has 33 heavy (non-hydrogen) atoms. The maximum absolute atomic E-state index is 13.7. The minimum absolute atomic E-state index is 0.00969. The fourth-order valence-electron chi connectivity index (χ4n) is 4.71. The van der Waals surface area contributed by atoms with E-state index in [1.54, 1.807) is 6.07 Å². The lowest BCUT2D eigenvalue weighted by molar-refractivity contribution is -0.127. The molecule has 1 aromatic heterocycles. The average Bonchev–Trinajstić information content (AvgIpc) is 3.49. The second-order valence-electron chi connectivity index (χ2n) is 9.37. The summed E-state index contributed by atoms with van der Waals surface area (Å²) in [5.74, 6) is -1.09. The first-order chi connectivity index (χ1) is 15.8. The first kappa shape index (κ1) is 23.6. The molecule has 2 aromatic rings. The third-order valence-corrected chi connectivity index (χ3v) is 7.36. The van der Waals surface area contributed by atoms with Crippen molar-refractivity contribution in [1.29, 1.82) is 5.26 Å². The molecular formula is C25H27BrFN3O3. The summed E-state index contributed by atoms with van der Waals surface area (Å²) in [5, 5.41) is 12.9. The molecule has 2 aliphatic carbocycles. The quantitative estimate of drug-likeness (QED) is 0.447. The molecule has 0 saturated heterocycles. The zero-order valence-corrected chi connectivity index (χ0v) is 19.9. The molecular weight excluding hydrogens is 489 g/mol. The van der Waals surface area contributed by atoms with Gasteiger partial charge in [0.15, 0.2) is 5.78 Å². The number of Topliss-reactive ketones (excluding diaryl/α,β-unsaturated/α-hetero) is 2. The van der Waals surface area contributed by atoms with Gasteiger partial charge in [-0.15, -0.1) is 0 Å². The van der Waals surface area contributed by atoms with Crippen LogP contribution in [0.2, 0.25) is 0 Å². The zero-order chi connectivity index (χ0) is 23.5. The van der Waals surface area contributed by atoms with Crippen molar-refractivity contribution < 1.29 is 18.8 Å². The average molecular weight is 516 g/mol. The third-order valence-electron chi connectivity index (χ3n) is 6.74. The zero-order valence-electron chi connectivity index (χ0n) is 18.3. The first-order valence-electron chi connectivity index (χ1n) is 11.6. The topological polar surface area (TPSA) is 103 Å². The van der Waals surface area contributed by atoms with E-state index in [0.717, 1.165) is 32.1 Å². The number of rotatable bonds is 9. The second-order valence-corrected chi connectivity index (χ2v) is 10.2. The van der Waals surface area contributed by atoms with Crippen LogP contribution in [0.15, 0.2) is 22.7 Å². The molecule has 2 saturated carbocycles. The number of hydrogen-bond donors (Lipinski definition) is 2. The Bertz CT molecular complexity index is 1120. The number of halogens is 2. The smallest absolute Gasteiger partial charge is 0.224 e. The molecule has 2 N–H and O–H groups in total. The number of aromatic amines is 1. The Morgan fingerprint density at radius 1 is 1.21 bits per heavy atom. The van der Waals surface area contributed by atoms with Crippen LogP contribution in [-0.4, -0.2) is 28.5 Å². The summed E-state index contributed by atoms with van der Waals surface area (Å²) >= 11 is 3.30. The fraction of sp³-hybridized carbons (Fsp3) is 0.520. The van der Waals surface area contributed by atoms with Crippen molar-refractivity contribution in [3.63, 3.8) is 0 Å². The molecule has 0 bridgehead atoms. The van der Waals surface area contributed by atoms with Gasteiger partial charge in [-0.05, 0) is 65.7 Å². The van der Waals surface area contributed by atoms with Gasteiger partial charge in [-0.25, -0.2) is 4.39 Å². The van der Waals surface area contributed by atoms with Crippen LogP contribution in [0.1, 0.15) is 68.3 Å². The van der Waals surface area contributed by atoms with Crippen LogP contribution in [0.5, 0.6) is 0 Å². The molecule has 3 unspecified atom stereocenters. The van der Waals surface area contributed by atoms with Crippen LogP contribution < -0.4 is 5.32 Å². The van der Waals surface area contributed by atoms with Crippen LogP contribution in [0, 0.1) is 34.9 Å². The summed E-state index contributed by atoms with van der Waals surface area (Å²) in [6.07, 6.45) is 6.16. The number of fused-ring (bicyclic) bond motifs is 1. The van der Waals surface area contributed by atoms with E-state index in [1.807, 2.05) is 0 Å². The van der Waals surface area contributed by atoms with E-state index >= 15 is 0 Å². The van der Waals surface area contributed by atoms with Gasteiger partial charge < -0.3 is 10.3 Å². The lowest BCUT2D eigenvalue weighted by Gasteiger charge is -2.24. The van der Waals surface area contributed by atoms with Crippen molar-refractivity contribution in [2.24, 2.45) is 17.8 Å². The van der Waals surface area contributed by atoms with Gasteiger partial charge in [0, 0.05) is 34.5 Å². The number of ketones is 2. The Morgan fingerprint density at radius 2 is 2.00 bits per heavy atom. The van der Waals surface area contributed by atoms with E-state index in [1.165, 1.54) is 12.1 Å². The highest BCUT2D eigenvalue weighted by Crippen LogP contribution is 2.37. The highest BCUT2D eigenvalue weighted by Gasteiger charge is 2.33. The number of nitriles is 1. The molecule has 1 amide bonds. The molecule has 0 radical (unpaired) electrons. The normalized spacial score (nSPS) is 20.3. The van der Waals surface area contributed by atoms with Crippen molar-refractivity contribution in [2.45, 2.75) is 63.8 Å². The summed E-state index contributed by atoms with van der Waals surface area (Å²) < 4.78 is 14.2. The van der Waals surface area contributed by atoms with Crippen molar-refractivity contribution in [2.75, 3.05) is 0 Å². The number of amides is 1. The summed E-state index contributed by atoms with van der Waals surface area (Å²) in [6.45, 7) is 0. The molecule has 2 aliphatic rings. The monoisotopic (exact) mass is 515 g/mol. The number of carbonyl (C=O) groups is 3. The summed E-state index contributed by atoms with van der Waals surface area (Å²) in [5.41, 5.74) is 0.958. The lowest BCUT2D eigenvalue weighted by atomic mass is 9.83. The van der Waals surface area contributed by atoms with Crippen LogP contribution in [0.4, 0.5) is 4.39 Å². The van der Waals surface area contributed by atoms with Crippen molar-refractivity contribution in [1.82, 2.24) is 10.3 Å². The summed E-state index contributed by atoms with van der Waals surface area (Å²) in [7, 11) is 0. The Labute approximate surface area is 200 Å². The highest BCUT2D eigenvalue weighted by atomic mass is 79.9. The predicted molar refractivity (Wildman–Crippen MR) is 125 cm³/mol. The number of benzene rings is 1. The van der Waals surface area contributed by atoms with Gasteiger partial charge in [-0.1, -0.05) is 19.3 Å². The molecule has 3 atom stereocenters. The minimum atomic E-state index is -0.742. The van der Waals surface area contributed by atoms with E-state index in [9.17, 15) is 24.0 Å². The molecule has 6 nitrogen and oxygen atoms in total. The molecule has 0 spiro atoms. The Morgan fingerprint density at radius 3 is 2.70 bits per heavy atom. The van der Waals surface area contributed by atoms with E-state index in [-0.39, 0.29) is 29.8 Å². The number of carbonyl (C=O) groups excluding carboxylic acids is 3. The number of nitrogens with one attached hydrogen (secondary N) is 2. The number of H-pyrrole nitrogens is 1. The highest BCUT2D eigenvalue weighted by molar-refractivity contribution is 9.10. The number of nitrogens with zero attached hydrogens (tertiary/aromatic N) is 1. The third kappa shape index (κ3) is 5.89. The molecule has 4 rings (SSSR count). The molecule has 1 aromatic carbocycles. The van der Waals surface area contributed by atoms with Gasteiger partial charge in [0.25, 0.3) is 0 Å². The minimum Gasteiger partial charge on any atom is -0.351 e. The lowest BCUT2D eigenvalue weighted by Crippen LogP contribution is -2.41. The van der Waals surface area contributed by atoms with E-state index in [4.69, 9.17) is 0 Å². The van der Waals surface area contributed by atoms with Crippen molar-refractivity contribution in [3.05, 3.63) is 34.2 Å². The van der Waals surface area contributed by atoms with Gasteiger partial charge in [-0.2, -0.15) is 5.26 Å². The van der Waals surface area contributed by atoms with Crippen molar-refractivity contribution in [3.8, 4) is 6.07 Å². The Kier molecular flexibility index (Phi) is 7.28. The van der Waals surface area contributed by atoms with Crippen LogP contribution in [-0.2, 0) is 9.59 Å². The standard InChI is InChI=1S/C25H27BrFN3O3/c26-20-12-18(27)8-16-10-21(30-24(16)20)23(32)11-17(7-14-5-6-14)25(33)29-19(13-28)9-15-3-1-2-4-22(15)31/h8,10,12,14-15,17,19,30H,1-7,9,11H2,(H,29,33). The van der Waals surface area contributed by atoms with Gasteiger partial charge >= 0.3 is 0 Å². The largest absolute Gasteiger partial charge is 0.351 e. The molecule has 8 heteroatoms.